The van der Waals surface area contributed by atoms with Gasteiger partial charge in [0.25, 0.3) is 0 Å². The van der Waals surface area contributed by atoms with Crippen molar-refractivity contribution in [2.24, 2.45) is 23.7 Å². The highest BCUT2D eigenvalue weighted by molar-refractivity contribution is 5.66. The van der Waals surface area contributed by atoms with E-state index in [0.717, 1.165) is 12.8 Å². The van der Waals surface area contributed by atoms with Gasteiger partial charge in [0.2, 0.25) is 0 Å². The second-order valence-electron chi connectivity index (χ2n) is 9.02. The SMILES string of the molecule is CC(=O)O[C@H]1C/C=C(/C)C[C@H]2O[C@H]([C@@H]3[C@@H]([C@@H](C)CO)CC=C(C)[C@@H]32)[C@]1(C)O. The number of allylic oxidation sites excluding steroid dienone is 1. The molecule has 27 heavy (non-hydrogen) atoms. The van der Waals surface area contributed by atoms with Gasteiger partial charge in [-0.15, -0.1) is 0 Å². The van der Waals surface area contributed by atoms with E-state index >= 15 is 0 Å². The van der Waals surface area contributed by atoms with Crippen molar-refractivity contribution in [1.82, 2.24) is 0 Å². The Morgan fingerprint density at radius 3 is 2.70 bits per heavy atom. The molecule has 8 atom stereocenters. The van der Waals surface area contributed by atoms with Crippen molar-refractivity contribution in [3.8, 4) is 0 Å². The lowest BCUT2D eigenvalue weighted by Crippen LogP contribution is -2.55. The number of carbonyl (C=O) groups is 1. The second-order valence-corrected chi connectivity index (χ2v) is 9.02. The predicted molar refractivity (Wildman–Crippen MR) is 103 cm³/mol. The fraction of sp³-hybridized carbons (Fsp3) is 0.773. The summed E-state index contributed by atoms with van der Waals surface area (Å²) in [4.78, 5) is 11.7. The Balaban J connectivity index is 2.06. The van der Waals surface area contributed by atoms with Crippen LogP contribution in [0, 0.1) is 23.7 Å². The summed E-state index contributed by atoms with van der Waals surface area (Å²) in [5, 5.41) is 21.4. The molecule has 0 saturated carbocycles. The standard InChI is InChI=1S/C22H34O5/c1-12-6-9-18(26-15(4)24)22(5,25)21-20-16(14(3)11-23)8-7-13(2)19(20)17(10-12)27-21/h6-7,14,16-21,23,25H,8-11H2,1-5H3/b12-6-/t14-,16+,17+,18-,19+,20+,21+,22+/m0/s1. The molecule has 2 N–H and O–H groups in total. The topological polar surface area (TPSA) is 76.0 Å². The number of esters is 1. The summed E-state index contributed by atoms with van der Waals surface area (Å²) in [5.74, 6) is 0.271. The number of rotatable bonds is 3. The summed E-state index contributed by atoms with van der Waals surface area (Å²) in [6.45, 7) is 9.53. The number of fused-ring (bicyclic) bond motifs is 5. The Kier molecular flexibility index (Phi) is 5.85. The van der Waals surface area contributed by atoms with Crippen molar-refractivity contribution in [3.05, 3.63) is 23.3 Å². The van der Waals surface area contributed by atoms with E-state index < -0.39 is 23.8 Å². The molecule has 0 spiro atoms. The highest BCUT2D eigenvalue weighted by Crippen LogP contribution is 2.53. The highest BCUT2D eigenvalue weighted by atomic mass is 16.6. The van der Waals surface area contributed by atoms with E-state index in [9.17, 15) is 15.0 Å². The van der Waals surface area contributed by atoms with Gasteiger partial charge in [0, 0.05) is 31.8 Å². The summed E-state index contributed by atoms with van der Waals surface area (Å²) < 4.78 is 12.1. The molecule has 152 valence electrons. The molecule has 5 nitrogen and oxygen atoms in total. The summed E-state index contributed by atoms with van der Waals surface area (Å²) in [6.07, 6.45) is 5.44. The molecule has 1 fully saturated rings. The van der Waals surface area contributed by atoms with Crippen LogP contribution in [0.5, 0.6) is 0 Å². The van der Waals surface area contributed by atoms with Gasteiger partial charge in [-0.05, 0) is 45.4 Å². The minimum absolute atomic E-state index is 0.00347. The first-order valence-corrected chi connectivity index (χ1v) is 10.1. The van der Waals surface area contributed by atoms with Gasteiger partial charge in [-0.1, -0.05) is 30.2 Å². The molecule has 0 amide bonds. The van der Waals surface area contributed by atoms with Crippen molar-refractivity contribution >= 4 is 5.97 Å². The Labute approximate surface area is 162 Å². The summed E-state index contributed by atoms with van der Waals surface area (Å²) >= 11 is 0. The van der Waals surface area contributed by atoms with E-state index in [2.05, 4.69) is 32.9 Å². The van der Waals surface area contributed by atoms with Crippen LogP contribution in [-0.4, -0.2) is 46.7 Å². The number of aliphatic hydroxyl groups is 2. The van der Waals surface area contributed by atoms with Gasteiger partial charge >= 0.3 is 5.97 Å². The third-order valence-electron chi connectivity index (χ3n) is 6.98. The molecular formula is C22H34O5. The fourth-order valence-corrected chi connectivity index (χ4v) is 5.45. The summed E-state index contributed by atoms with van der Waals surface area (Å²) in [7, 11) is 0. The molecule has 3 aliphatic rings. The first-order chi connectivity index (χ1) is 12.7. The number of ether oxygens (including phenoxy) is 2. The highest BCUT2D eigenvalue weighted by Gasteiger charge is 2.58. The molecular weight excluding hydrogens is 344 g/mol. The smallest absolute Gasteiger partial charge is 0.303 e. The molecule has 1 aliphatic carbocycles. The summed E-state index contributed by atoms with van der Waals surface area (Å²) in [5.41, 5.74) is 1.21. The summed E-state index contributed by atoms with van der Waals surface area (Å²) in [6, 6.07) is 0. The predicted octanol–water partition coefficient (Wildman–Crippen LogP) is 3.00. The second kappa shape index (κ2) is 7.69. The molecule has 3 rings (SSSR count). The quantitative estimate of drug-likeness (QED) is 0.583. The third kappa shape index (κ3) is 3.74. The van der Waals surface area contributed by atoms with Gasteiger partial charge in [-0.2, -0.15) is 0 Å². The van der Waals surface area contributed by atoms with Crippen molar-refractivity contribution in [1.29, 1.82) is 0 Å². The number of carbonyl (C=O) groups excluding carboxylic acids is 1. The monoisotopic (exact) mass is 378 g/mol. The molecule has 5 heteroatoms. The zero-order valence-electron chi connectivity index (χ0n) is 17.1. The van der Waals surface area contributed by atoms with Crippen LogP contribution in [0.3, 0.4) is 0 Å². The van der Waals surface area contributed by atoms with Crippen molar-refractivity contribution < 1.29 is 24.5 Å². The molecule has 0 aromatic carbocycles. The lowest BCUT2D eigenvalue weighted by Gasteiger charge is -2.44. The van der Waals surface area contributed by atoms with Crippen LogP contribution in [0.2, 0.25) is 0 Å². The zero-order valence-corrected chi connectivity index (χ0v) is 17.1. The van der Waals surface area contributed by atoms with Crippen LogP contribution in [0.4, 0.5) is 0 Å². The van der Waals surface area contributed by atoms with Crippen LogP contribution < -0.4 is 0 Å². The van der Waals surface area contributed by atoms with Crippen molar-refractivity contribution in [2.45, 2.75) is 77.8 Å². The first kappa shape index (κ1) is 20.6. The van der Waals surface area contributed by atoms with Crippen LogP contribution >= 0.6 is 0 Å². The minimum atomic E-state index is -1.30. The van der Waals surface area contributed by atoms with Crippen molar-refractivity contribution in [2.75, 3.05) is 6.61 Å². The molecule has 2 bridgehead atoms. The zero-order chi connectivity index (χ0) is 19.9. The van der Waals surface area contributed by atoms with Crippen LogP contribution in [-0.2, 0) is 14.3 Å². The van der Waals surface area contributed by atoms with Crippen molar-refractivity contribution in [3.63, 3.8) is 0 Å². The molecule has 0 aromatic heterocycles. The van der Waals surface area contributed by atoms with Gasteiger partial charge in [-0.25, -0.2) is 0 Å². The maximum atomic E-state index is 11.7. The van der Waals surface area contributed by atoms with E-state index in [1.807, 2.05) is 0 Å². The Morgan fingerprint density at radius 1 is 1.37 bits per heavy atom. The van der Waals surface area contributed by atoms with E-state index in [4.69, 9.17) is 9.47 Å². The molecule has 0 unspecified atom stereocenters. The Bertz CT molecular complexity index is 635. The van der Waals surface area contributed by atoms with E-state index in [0.29, 0.717) is 6.42 Å². The van der Waals surface area contributed by atoms with E-state index in [-0.39, 0.29) is 36.4 Å². The van der Waals surface area contributed by atoms with Crippen LogP contribution in [0.15, 0.2) is 23.3 Å². The maximum absolute atomic E-state index is 11.7. The van der Waals surface area contributed by atoms with Crippen LogP contribution in [0.1, 0.15) is 53.9 Å². The molecule has 2 aliphatic heterocycles. The molecule has 0 aromatic rings. The number of aliphatic hydroxyl groups excluding tert-OH is 1. The van der Waals surface area contributed by atoms with E-state index in [1.54, 1.807) is 6.92 Å². The largest absolute Gasteiger partial charge is 0.459 e. The van der Waals surface area contributed by atoms with E-state index in [1.165, 1.54) is 18.1 Å². The van der Waals surface area contributed by atoms with Gasteiger partial charge in [-0.3, -0.25) is 4.79 Å². The van der Waals surface area contributed by atoms with Gasteiger partial charge in [0.15, 0.2) is 0 Å². The Morgan fingerprint density at radius 2 is 2.07 bits per heavy atom. The number of hydrogen-bond acceptors (Lipinski definition) is 5. The van der Waals surface area contributed by atoms with Crippen LogP contribution in [0.25, 0.3) is 0 Å². The molecule has 0 radical (unpaired) electrons. The Hall–Kier alpha value is -1.17. The lowest BCUT2D eigenvalue weighted by molar-refractivity contribution is -0.188. The van der Waals surface area contributed by atoms with Gasteiger partial charge in [0.05, 0.1) is 12.2 Å². The lowest BCUT2D eigenvalue weighted by atomic mass is 9.62. The average Bonchev–Trinajstić information content (AvgIpc) is 2.99. The molecule has 1 saturated heterocycles. The normalized spacial score (nSPS) is 44.7. The minimum Gasteiger partial charge on any atom is -0.459 e. The van der Waals surface area contributed by atoms with Gasteiger partial charge < -0.3 is 19.7 Å². The molecule has 2 heterocycles. The first-order valence-electron chi connectivity index (χ1n) is 10.1. The fourth-order valence-electron chi connectivity index (χ4n) is 5.45. The average molecular weight is 379 g/mol. The number of hydrogen-bond donors (Lipinski definition) is 2. The third-order valence-corrected chi connectivity index (χ3v) is 6.98. The maximum Gasteiger partial charge on any atom is 0.303 e. The van der Waals surface area contributed by atoms with Gasteiger partial charge in [0.1, 0.15) is 11.7 Å².